The van der Waals surface area contributed by atoms with E-state index < -0.39 is 22.5 Å². The van der Waals surface area contributed by atoms with Crippen LogP contribution < -0.4 is 14.2 Å². The van der Waals surface area contributed by atoms with Gasteiger partial charge in [0.05, 0.1) is 12.0 Å². The molecule has 0 bridgehead atoms. The van der Waals surface area contributed by atoms with Crippen molar-refractivity contribution in [1.82, 2.24) is 0 Å². The SMILES string of the molecule is COc1ccc(/C=C/C(=O)Oc2ccc([N+](=O)[O-])cc2)cc1OCC(=O)OC(C)(C)C. The minimum atomic E-state index is -0.666. The van der Waals surface area contributed by atoms with E-state index in [9.17, 15) is 19.7 Å². The minimum absolute atomic E-state index is 0.104. The van der Waals surface area contributed by atoms with Crippen LogP contribution in [-0.2, 0) is 14.3 Å². The summed E-state index contributed by atoms with van der Waals surface area (Å²) in [5, 5.41) is 10.7. The molecule has 0 aliphatic carbocycles. The van der Waals surface area contributed by atoms with Crippen LogP contribution in [0.2, 0.25) is 0 Å². The van der Waals surface area contributed by atoms with Gasteiger partial charge in [-0.15, -0.1) is 0 Å². The van der Waals surface area contributed by atoms with Crippen molar-refractivity contribution >= 4 is 23.7 Å². The van der Waals surface area contributed by atoms with Gasteiger partial charge in [-0.05, 0) is 56.7 Å². The maximum Gasteiger partial charge on any atom is 0.344 e. The predicted molar refractivity (Wildman–Crippen MR) is 112 cm³/mol. The van der Waals surface area contributed by atoms with Crippen molar-refractivity contribution in [2.75, 3.05) is 13.7 Å². The molecule has 2 aromatic rings. The number of nitrogens with zero attached hydrogens (tertiary/aromatic N) is 1. The van der Waals surface area contributed by atoms with Gasteiger partial charge in [-0.25, -0.2) is 9.59 Å². The maximum absolute atomic E-state index is 12.0. The number of hydrogen-bond acceptors (Lipinski definition) is 8. The Morgan fingerprint density at radius 3 is 2.32 bits per heavy atom. The first-order valence-electron chi connectivity index (χ1n) is 9.24. The van der Waals surface area contributed by atoms with E-state index in [1.54, 1.807) is 39.0 Å². The summed E-state index contributed by atoms with van der Waals surface area (Å²) in [6.45, 7) is 4.97. The van der Waals surface area contributed by atoms with Crippen molar-refractivity contribution in [3.63, 3.8) is 0 Å². The Hall–Kier alpha value is -3.88. The van der Waals surface area contributed by atoms with E-state index in [1.807, 2.05) is 0 Å². The third-order valence-corrected chi connectivity index (χ3v) is 3.63. The highest BCUT2D eigenvalue weighted by atomic mass is 16.6. The largest absolute Gasteiger partial charge is 0.493 e. The van der Waals surface area contributed by atoms with Gasteiger partial charge < -0.3 is 18.9 Å². The molecule has 0 saturated carbocycles. The van der Waals surface area contributed by atoms with Gasteiger partial charge in [-0.3, -0.25) is 10.1 Å². The average Bonchev–Trinajstić information content (AvgIpc) is 2.70. The van der Waals surface area contributed by atoms with Crippen LogP contribution in [0.1, 0.15) is 26.3 Å². The van der Waals surface area contributed by atoms with Crippen molar-refractivity contribution in [1.29, 1.82) is 0 Å². The van der Waals surface area contributed by atoms with Gasteiger partial charge in [0.2, 0.25) is 0 Å². The summed E-state index contributed by atoms with van der Waals surface area (Å²) in [6, 6.07) is 10.1. The number of nitro groups is 1. The lowest BCUT2D eigenvalue weighted by atomic mass is 10.2. The van der Waals surface area contributed by atoms with E-state index in [4.69, 9.17) is 18.9 Å². The smallest absolute Gasteiger partial charge is 0.344 e. The third-order valence-electron chi connectivity index (χ3n) is 3.63. The number of ether oxygens (including phenoxy) is 4. The summed E-state index contributed by atoms with van der Waals surface area (Å²) in [7, 11) is 1.47. The van der Waals surface area contributed by atoms with Crippen LogP contribution in [0, 0.1) is 10.1 Å². The van der Waals surface area contributed by atoms with Crippen molar-refractivity contribution in [3.05, 3.63) is 64.2 Å². The molecule has 0 heterocycles. The fourth-order valence-electron chi connectivity index (χ4n) is 2.37. The molecule has 0 N–H and O–H groups in total. The van der Waals surface area contributed by atoms with E-state index in [2.05, 4.69) is 0 Å². The molecule has 0 atom stereocenters. The summed E-state index contributed by atoms with van der Waals surface area (Å²) >= 11 is 0. The van der Waals surface area contributed by atoms with Crippen molar-refractivity contribution in [3.8, 4) is 17.2 Å². The molecule has 0 aromatic heterocycles. The Labute approximate surface area is 179 Å². The number of hydrogen-bond donors (Lipinski definition) is 0. The predicted octanol–water partition coefficient (Wildman–Crippen LogP) is 3.94. The van der Waals surface area contributed by atoms with Gasteiger partial charge >= 0.3 is 11.9 Å². The van der Waals surface area contributed by atoms with Gasteiger partial charge in [0.1, 0.15) is 11.4 Å². The van der Waals surface area contributed by atoms with Crippen LogP contribution in [0.15, 0.2) is 48.5 Å². The van der Waals surface area contributed by atoms with Crippen molar-refractivity contribution in [2.24, 2.45) is 0 Å². The Balaban J connectivity index is 2.02. The standard InChI is InChI=1S/C22H23NO8/c1-22(2,3)31-21(25)14-29-19-13-15(5-11-18(19)28-4)6-12-20(24)30-17-9-7-16(8-10-17)23(26)27/h5-13H,14H2,1-4H3/b12-6+. The summed E-state index contributed by atoms with van der Waals surface area (Å²) in [6.07, 6.45) is 2.69. The number of carbonyl (C=O) groups excluding carboxylic acids is 2. The Kier molecular flexibility index (Phi) is 7.73. The minimum Gasteiger partial charge on any atom is -0.493 e. The van der Waals surface area contributed by atoms with Crippen LogP contribution in [0.25, 0.3) is 6.08 Å². The molecule has 0 saturated heterocycles. The van der Waals surface area contributed by atoms with Crippen molar-refractivity contribution < 1.29 is 33.5 Å². The molecule has 0 unspecified atom stereocenters. The molecule has 9 heteroatoms. The van der Waals surface area contributed by atoms with E-state index in [0.29, 0.717) is 17.1 Å². The second-order valence-electron chi connectivity index (χ2n) is 7.29. The monoisotopic (exact) mass is 429 g/mol. The van der Waals surface area contributed by atoms with Gasteiger partial charge in [0, 0.05) is 18.2 Å². The highest BCUT2D eigenvalue weighted by molar-refractivity contribution is 5.88. The molecule has 0 aliphatic heterocycles. The number of non-ortho nitro benzene ring substituents is 1. The molecule has 31 heavy (non-hydrogen) atoms. The summed E-state index contributed by atoms with van der Waals surface area (Å²) < 4.78 is 21.0. The van der Waals surface area contributed by atoms with E-state index in [1.165, 1.54) is 43.5 Å². The third kappa shape index (κ3) is 7.81. The number of rotatable bonds is 8. The number of benzene rings is 2. The lowest BCUT2D eigenvalue weighted by Gasteiger charge is -2.19. The normalized spacial score (nSPS) is 11.1. The second kappa shape index (κ2) is 10.2. The zero-order valence-corrected chi connectivity index (χ0v) is 17.6. The molecule has 0 fully saturated rings. The van der Waals surface area contributed by atoms with Crippen LogP contribution in [0.3, 0.4) is 0 Å². The topological polar surface area (TPSA) is 114 Å². The van der Waals surface area contributed by atoms with E-state index >= 15 is 0 Å². The zero-order valence-electron chi connectivity index (χ0n) is 17.6. The van der Waals surface area contributed by atoms with Crippen LogP contribution >= 0.6 is 0 Å². The number of carbonyl (C=O) groups is 2. The zero-order chi connectivity index (χ0) is 23.0. The van der Waals surface area contributed by atoms with Gasteiger partial charge in [-0.1, -0.05) is 6.07 Å². The lowest BCUT2D eigenvalue weighted by Crippen LogP contribution is -2.27. The Morgan fingerprint density at radius 1 is 1.06 bits per heavy atom. The molecule has 2 rings (SSSR count). The quantitative estimate of drug-likeness (QED) is 0.204. The molecule has 0 aliphatic rings. The second-order valence-corrected chi connectivity index (χ2v) is 7.29. The average molecular weight is 429 g/mol. The molecular formula is C22H23NO8. The summed E-state index contributed by atoms with van der Waals surface area (Å²) in [5.74, 6) is -0.298. The van der Waals surface area contributed by atoms with Crippen LogP contribution in [0.5, 0.6) is 17.2 Å². The first kappa shape index (κ1) is 23.4. The highest BCUT2D eigenvalue weighted by Crippen LogP contribution is 2.29. The summed E-state index contributed by atoms with van der Waals surface area (Å²) in [4.78, 5) is 34.0. The summed E-state index contributed by atoms with van der Waals surface area (Å²) in [5.41, 5.74) is -0.132. The van der Waals surface area contributed by atoms with E-state index in [0.717, 1.165) is 0 Å². The van der Waals surface area contributed by atoms with Gasteiger partial charge in [0.15, 0.2) is 18.1 Å². The molecule has 0 amide bonds. The first-order chi connectivity index (χ1) is 14.6. The first-order valence-corrected chi connectivity index (χ1v) is 9.24. The number of nitro benzene ring substituents is 1. The van der Waals surface area contributed by atoms with Crippen LogP contribution in [-0.4, -0.2) is 36.2 Å². The Morgan fingerprint density at radius 2 is 1.74 bits per heavy atom. The molecular weight excluding hydrogens is 406 g/mol. The van der Waals surface area contributed by atoms with Crippen molar-refractivity contribution in [2.45, 2.75) is 26.4 Å². The lowest BCUT2D eigenvalue weighted by molar-refractivity contribution is -0.384. The molecule has 9 nitrogen and oxygen atoms in total. The maximum atomic E-state index is 12.0. The van der Waals surface area contributed by atoms with Crippen LogP contribution in [0.4, 0.5) is 5.69 Å². The van der Waals surface area contributed by atoms with Gasteiger partial charge in [0.25, 0.3) is 5.69 Å². The highest BCUT2D eigenvalue weighted by Gasteiger charge is 2.17. The number of esters is 2. The molecule has 2 aromatic carbocycles. The number of methoxy groups -OCH3 is 1. The fourth-order valence-corrected chi connectivity index (χ4v) is 2.37. The van der Waals surface area contributed by atoms with E-state index in [-0.39, 0.29) is 18.0 Å². The fraction of sp³-hybridized carbons (Fsp3) is 0.273. The molecule has 0 spiro atoms. The molecule has 0 radical (unpaired) electrons. The van der Waals surface area contributed by atoms with Gasteiger partial charge in [-0.2, -0.15) is 0 Å². The Bertz CT molecular complexity index is 974. The molecule has 164 valence electrons.